The first-order valence-electron chi connectivity index (χ1n) is 9.30. The van der Waals surface area contributed by atoms with E-state index in [1.54, 1.807) is 11.8 Å². The SMILES string of the molecule is Cc1ccc(Sc2ccc(NC(=S)NCCN3CCOCC3)cc2)c(C)c1. The van der Waals surface area contributed by atoms with Crippen molar-refractivity contribution in [3.05, 3.63) is 53.6 Å². The fraction of sp³-hybridized carbons (Fsp3) is 0.381. The summed E-state index contributed by atoms with van der Waals surface area (Å²) in [5, 5.41) is 7.20. The summed E-state index contributed by atoms with van der Waals surface area (Å²) >= 11 is 7.19. The summed E-state index contributed by atoms with van der Waals surface area (Å²) < 4.78 is 5.36. The zero-order valence-corrected chi connectivity index (χ0v) is 17.6. The maximum atomic E-state index is 5.40. The van der Waals surface area contributed by atoms with Gasteiger partial charge in [-0.2, -0.15) is 0 Å². The Morgan fingerprint density at radius 3 is 2.56 bits per heavy atom. The first-order valence-corrected chi connectivity index (χ1v) is 10.5. The average Bonchev–Trinajstić information content (AvgIpc) is 2.66. The van der Waals surface area contributed by atoms with Crippen molar-refractivity contribution in [2.45, 2.75) is 23.6 Å². The molecule has 2 aromatic carbocycles. The molecule has 1 saturated heterocycles. The van der Waals surface area contributed by atoms with Gasteiger partial charge in [-0.15, -0.1) is 0 Å². The number of benzene rings is 2. The molecule has 0 atom stereocenters. The quantitative estimate of drug-likeness (QED) is 0.711. The summed E-state index contributed by atoms with van der Waals surface area (Å²) in [5.41, 5.74) is 3.61. The number of nitrogens with zero attached hydrogens (tertiary/aromatic N) is 1. The van der Waals surface area contributed by atoms with Crippen molar-refractivity contribution in [3.8, 4) is 0 Å². The van der Waals surface area contributed by atoms with Crippen LogP contribution >= 0.6 is 24.0 Å². The molecule has 0 saturated carbocycles. The third-order valence-electron chi connectivity index (χ3n) is 4.49. The van der Waals surface area contributed by atoms with Crippen molar-refractivity contribution in [1.82, 2.24) is 10.2 Å². The predicted octanol–water partition coefficient (Wildman–Crippen LogP) is 4.07. The van der Waals surface area contributed by atoms with Crippen molar-refractivity contribution >= 4 is 34.8 Å². The molecule has 1 aliphatic heterocycles. The van der Waals surface area contributed by atoms with E-state index in [0.29, 0.717) is 5.11 Å². The van der Waals surface area contributed by atoms with E-state index in [9.17, 15) is 0 Å². The van der Waals surface area contributed by atoms with Crippen LogP contribution in [0.5, 0.6) is 0 Å². The molecule has 6 heteroatoms. The highest BCUT2D eigenvalue weighted by molar-refractivity contribution is 7.99. The molecule has 0 amide bonds. The van der Waals surface area contributed by atoms with Crippen LogP contribution in [0.25, 0.3) is 0 Å². The van der Waals surface area contributed by atoms with Gasteiger partial charge in [0.2, 0.25) is 0 Å². The molecular formula is C21H27N3OS2. The Kier molecular flexibility index (Phi) is 7.52. The Balaban J connectivity index is 1.44. The summed E-state index contributed by atoms with van der Waals surface area (Å²) in [6.07, 6.45) is 0. The molecule has 1 fully saturated rings. The lowest BCUT2D eigenvalue weighted by Gasteiger charge is -2.26. The van der Waals surface area contributed by atoms with Crippen LogP contribution in [0.3, 0.4) is 0 Å². The topological polar surface area (TPSA) is 36.5 Å². The summed E-state index contributed by atoms with van der Waals surface area (Å²) in [4.78, 5) is 4.90. The molecule has 0 aromatic heterocycles. The maximum Gasteiger partial charge on any atom is 0.170 e. The first kappa shape index (κ1) is 20.1. The summed E-state index contributed by atoms with van der Waals surface area (Å²) in [6.45, 7) is 9.77. The molecule has 4 nitrogen and oxygen atoms in total. The lowest BCUT2D eigenvalue weighted by Crippen LogP contribution is -2.42. The molecule has 0 unspecified atom stereocenters. The van der Waals surface area contributed by atoms with E-state index in [2.05, 4.69) is 71.8 Å². The van der Waals surface area contributed by atoms with Crippen molar-refractivity contribution in [2.75, 3.05) is 44.7 Å². The lowest BCUT2D eigenvalue weighted by molar-refractivity contribution is 0.0389. The summed E-state index contributed by atoms with van der Waals surface area (Å²) in [7, 11) is 0. The van der Waals surface area contributed by atoms with Gasteiger partial charge in [0.15, 0.2) is 5.11 Å². The molecular weight excluding hydrogens is 374 g/mol. The zero-order valence-electron chi connectivity index (χ0n) is 16.0. The molecule has 0 bridgehead atoms. The van der Waals surface area contributed by atoms with Gasteiger partial charge in [0.25, 0.3) is 0 Å². The van der Waals surface area contributed by atoms with Crippen LogP contribution in [0.2, 0.25) is 0 Å². The summed E-state index contributed by atoms with van der Waals surface area (Å²) in [5.74, 6) is 0. The van der Waals surface area contributed by atoms with Gasteiger partial charge in [-0.05, 0) is 62.0 Å². The molecule has 0 spiro atoms. The molecule has 2 aromatic rings. The number of nitrogens with one attached hydrogen (secondary N) is 2. The standard InChI is InChI=1S/C21H27N3OS2/c1-16-3-8-20(17(2)15-16)27-19-6-4-18(5-7-19)23-21(26)22-9-10-24-11-13-25-14-12-24/h3-8,15H,9-14H2,1-2H3,(H2,22,23,26). The molecule has 2 N–H and O–H groups in total. The molecule has 27 heavy (non-hydrogen) atoms. The Morgan fingerprint density at radius 2 is 1.85 bits per heavy atom. The van der Waals surface area contributed by atoms with Crippen LogP contribution in [-0.4, -0.2) is 49.4 Å². The molecule has 144 valence electrons. The van der Waals surface area contributed by atoms with Crippen LogP contribution < -0.4 is 10.6 Å². The van der Waals surface area contributed by atoms with Crippen molar-refractivity contribution in [2.24, 2.45) is 0 Å². The van der Waals surface area contributed by atoms with E-state index in [4.69, 9.17) is 17.0 Å². The van der Waals surface area contributed by atoms with Crippen molar-refractivity contribution < 1.29 is 4.74 Å². The number of ether oxygens (including phenoxy) is 1. The van der Waals surface area contributed by atoms with Gasteiger partial charge in [-0.25, -0.2) is 0 Å². The van der Waals surface area contributed by atoms with Gasteiger partial charge < -0.3 is 15.4 Å². The maximum absolute atomic E-state index is 5.40. The van der Waals surface area contributed by atoms with E-state index in [1.807, 2.05) is 0 Å². The molecule has 0 radical (unpaired) electrons. The Hall–Kier alpha value is -1.60. The fourth-order valence-electron chi connectivity index (χ4n) is 2.97. The van der Waals surface area contributed by atoms with E-state index >= 15 is 0 Å². The van der Waals surface area contributed by atoms with Crippen molar-refractivity contribution in [1.29, 1.82) is 0 Å². The first-order chi connectivity index (χ1) is 13.1. The second-order valence-corrected chi connectivity index (χ2v) is 8.25. The van der Waals surface area contributed by atoms with E-state index in [-0.39, 0.29) is 0 Å². The number of rotatable bonds is 6. The van der Waals surface area contributed by atoms with Gasteiger partial charge in [0.05, 0.1) is 13.2 Å². The zero-order chi connectivity index (χ0) is 19.1. The van der Waals surface area contributed by atoms with E-state index in [1.165, 1.54) is 20.9 Å². The van der Waals surface area contributed by atoms with Gasteiger partial charge in [-0.1, -0.05) is 29.5 Å². The fourth-order valence-corrected chi connectivity index (χ4v) is 4.08. The van der Waals surface area contributed by atoms with Crippen LogP contribution in [0.1, 0.15) is 11.1 Å². The molecule has 3 rings (SSSR count). The normalized spacial score (nSPS) is 14.7. The Labute approximate surface area is 171 Å². The number of hydrogen-bond donors (Lipinski definition) is 2. The number of thiocarbonyl (C=S) groups is 1. The number of hydrogen-bond acceptors (Lipinski definition) is 4. The monoisotopic (exact) mass is 401 g/mol. The van der Waals surface area contributed by atoms with Crippen molar-refractivity contribution in [3.63, 3.8) is 0 Å². The predicted molar refractivity (Wildman–Crippen MR) is 118 cm³/mol. The highest BCUT2D eigenvalue weighted by atomic mass is 32.2. The highest BCUT2D eigenvalue weighted by Crippen LogP contribution is 2.31. The van der Waals surface area contributed by atoms with Crippen LogP contribution in [0, 0.1) is 13.8 Å². The number of morpholine rings is 1. The Morgan fingerprint density at radius 1 is 1.11 bits per heavy atom. The smallest absolute Gasteiger partial charge is 0.170 e. The number of aryl methyl sites for hydroxylation is 2. The molecule has 0 aliphatic carbocycles. The molecule has 1 aliphatic rings. The largest absolute Gasteiger partial charge is 0.379 e. The van der Waals surface area contributed by atoms with Gasteiger partial charge in [-0.3, -0.25) is 4.90 Å². The number of anilines is 1. The Bertz CT molecular complexity index is 759. The third kappa shape index (κ3) is 6.50. The summed E-state index contributed by atoms with van der Waals surface area (Å²) in [6, 6.07) is 15.0. The van der Waals surface area contributed by atoms with Gasteiger partial charge in [0, 0.05) is 41.7 Å². The minimum Gasteiger partial charge on any atom is -0.379 e. The minimum absolute atomic E-state index is 0.665. The van der Waals surface area contributed by atoms with E-state index < -0.39 is 0 Å². The van der Waals surface area contributed by atoms with Crippen LogP contribution in [-0.2, 0) is 4.74 Å². The van der Waals surface area contributed by atoms with Gasteiger partial charge in [0.1, 0.15) is 0 Å². The average molecular weight is 402 g/mol. The van der Waals surface area contributed by atoms with Crippen LogP contribution in [0.4, 0.5) is 5.69 Å². The third-order valence-corrected chi connectivity index (χ3v) is 5.92. The second kappa shape index (κ2) is 10.1. The second-order valence-electron chi connectivity index (χ2n) is 6.73. The van der Waals surface area contributed by atoms with E-state index in [0.717, 1.165) is 45.1 Å². The minimum atomic E-state index is 0.665. The molecule has 1 heterocycles. The highest BCUT2D eigenvalue weighted by Gasteiger charge is 2.09. The lowest BCUT2D eigenvalue weighted by atomic mass is 10.2. The van der Waals surface area contributed by atoms with Gasteiger partial charge >= 0.3 is 0 Å². The van der Waals surface area contributed by atoms with Crippen LogP contribution in [0.15, 0.2) is 52.3 Å².